The van der Waals surface area contributed by atoms with Crippen molar-refractivity contribution in [3.05, 3.63) is 35.4 Å². The van der Waals surface area contributed by atoms with Crippen LogP contribution in [0.15, 0.2) is 24.3 Å². The Hall–Kier alpha value is -2.09. The quantitative estimate of drug-likeness (QED) is 0.765. The van der Waals surface area contributed by atoms with E-state index in [4.69, 9.17) is 0 Å². The number of benzene rings is 1. The Morgan fingerprint density at radius 3 is 2.66 bits per heavy atom. The average molecular weight is 411 g/mol. The van der Waals surface area contributed by atoms with Gasteiger partial charge < -0.3 is 14.7 Å². The van der Waals surface area contributed by atoms with Crippen molar-refractivity contribution in [2.24, 2.45) is 11.8 Å². The zero-order valence-corrected chi connectivity index (χ0v) is 17.1. The van der Waals surface area contributed by atoms with E-state index < -0.39 is 17.7 Å². The highest BCUT2D eigenvalue weighted by Gasteiger charge is 2.39. The molecule has 0 aromatic heterocycles. The molecule has 0 aliphatic carbocycles. The van der Waals surface area contributed by atoms with Gasteiger partial charge in [-0.2, -0.15) is 13.2 Å². The summed E-state index contributed by atoms with van der Waals surface area (Å²) in [5, 5.41) is 0. The maximum atomic E-state index is 13.0. The van der Waals surface area contributed by atoms with Gasteiger partial charge in [-0.1, -0.05) is 19.1 Å². The molecule has 0 saturated carbocycles. The molecule has 0 bridgehead atoms. The van der Waals surface area contributed by atoms with Crippen molar-refractivity contribution in [1.82, 2.24) is 14.7 Å². The molecular weight excluding hydrogens is 383 g/mol. The van der Waals surface area contributed by atoms with E-state index in [9.17, 15) is 22.8 Å². The molecule has 0 unspecified atom stereocenters. The van der Waals surface area contributed by atoms with Gasteiger partial charge in [0, 0.05) is 39.1 Å². The van der Waals surface area contributed by atoms with Gasteiger partial charge in [-0.25, -0.2) is 0 Å². The first-order valence-electron chi connectivity index (χ1n) is 9.95. The Balaban J connectivity index is 1.63. The van der Waals surface area contributed by atoms with E-state index in [-0.39, 0.29) is 37.4 Å². The van der Waals surface area contributed by atoms with Crippen LogP contribution in [-0.2, 0) is 22.3 Å². The second-order valence-corrected chi connectivity index (χ2v) is 8.42. The number of nitrogens with zero attached hydrogens (tertiary/aromatic N) is 3. The van der Waals surface area contributed by atoms with Crippen molar-refractivity contribution in [3.8, 4) is 0 Å². The summed E-state index contributed by atoms with van der Waals surface area (Å²) in [6.07, 6.45) is -3.41. The molecule has 2 aliphatic heterocycles. The number of alkyl halides is 3. The van der Waals surface area contributed by atoms with Crippen molar-refractivity contribution in [2.75, 3.05) is 33.7 Å². The van der Waals surface area contributed by atoms with Crippen LogP contribution in [0.25, 0.3) is 0 Å². The van der Waals surface area contributed by atoms with Crippen molar-refractivity contribution >= 4 is 11.8 Å². The van der Waals surface area contributed by atoms with E-state index >= 15 is 0 Å². The van der Waals surface area contributed by atoms with Crippen LogP contribution in [0, 0.1) is 11.8 Å². The molecule has 3 rings (SSSR count). The van der Waals surface area contributed by atoms with Gasteiger partial charge >= 0.3 is 6.18 Å². The summed E-state index contributed by atoms with van der Waals surface area (Å²) in [4.78, 5) is 30.9. The summed E-state index contributed by atoms with van der Waals surface area (Å²) in [5.41, 5.74) is -0.316. The zero-order valence-electron chi connectivity index (χ0n) is 17.1. The maximum Gasteiger partial charge on any atom is 0.416 e. The minimum absolute atomic E-state index is 0.0497. The molecule has 2 heterocycles. The van der Waals surface area contributed by atoms with Crippen LogP contribution in [0.2, 0.25) is 0 Å². The summed E-state index contributed by atoms with van der Waals surface area (Å²) in [6.45, 7) is 4.31. The molecular formula is C21H28F3N3O2. The van der Waals surface area contributed by atoms with Crippen molar-refractivity contribution in [1.29, 1.82) is 0 Å². The van der Waals surface area contributed by atoms with Gasteiger partial charge in [-0.3, -0.25) is 9.59 Å². The Morgan fingerprint density at radius 1 is 1.28 bits per heavy atom. The third-order valence-electron chi connectivity index (χ3n) is 6.10. The molecule has 0 N–H and O–H groups in total. The standard InChI is InChI=1S/C21H28F3N3O2/c1-14-11-25(2)8-7-18(14)26(3)20(29)16-10-19(28)27(13-16)12-15-5-4-6-17(9-15)21(22,23)24/h4-6,9,14,16,18H,7-8,10-13H2,1-3H3/t14-,16-,18-/m1/s1. The maximum absolute atomic E-state index is 13.0. The van der Waals surface area contributed by atoms with Crippen molar-refractivity contribution in [2.45, 2.75) is 38.5 Å². The molecule has 1 aromatic rings. The molecule has 1 aromatic carbocycles. The van der Waals surface area contributed by atoms with Crippen LogP contribution in [0.5, 0.6) is 0 Å². The lowest BCUT2D eigenvalue weighted by molar-refractivity contribution is -0.138. The summed E-state index contributed by atoms with van der Waals surface area (Å²) < 4.78 is 38.7. The predicted octanol–water partition coefficient (Wildman–Crippen LogP) is 2.85. The lowest BCUT2D eigenvalue weighted by Gasteiger charge is -2.40. The number of carbonyl (C=O) groups is 2. The number of carbonyl (C=O) groups excluding carboxylic acids is 2. The van der Waals surface area contributed by atoms with E-state index in [0.29, 0.717) is 11.5 Å². The second kappa shape index (κ2) is 8.34. The van der Waals surface area contributed by atoms with Gasteiger partial charge in [0.2, 0.25) is 11.8 Å². The third kappa shape index (κ3) is 4.91. The largest absolute Gasteiger partial charge is 0.416 e. The number of halogens is 3. The lowest BCUT2D eigenvalue weighted by Crippen LogP contribution is -2.51. The van der Waals surface area contributed by atoms with Gasteiger partial charge in [0.1, 0.15) is 0 Å². The molecule has 0 radical (unpaired) electrons. The summed E-state index contributed by atoms with van der Waals surface area (Å²) in [7, 11) is 3.87. The van der Waals surface area contributed by atoms with Gasteiger partial charge in [0.15, 0.2) is 0 Å². The third-order valence-corrected chi connectivity index (χ3v) is 6.10. The van der Waals surface area contributed by atoms with Gasteiger partial charge in [-0.05, 0) is 43.6 Å². The van der Waals surface area contributed by atoms with Crippen LogP contribution in [0.3, 0.4) is 0 Å². The fourth-order valence-electron chi connectivity index (χ4n) is 4.53. The van der Waals surface area contributed by atoms with Crippen LogP contribution in [0.1, 0.15) is 30.9 Å². The Morgan fingerprint density at radius 2 is 2.00 bits per heavy atom. The first kappa shape index (κ1) is 21.6. The molecule has 2 fully saturated rings. The summed E-state index contributed by atoms with van der Waals surface area (Å²) >= 11 is 0. The molecule has 0 spiro atoms. The molecule has 5 nitrogen and oxygen atoms in total. The Bertz CT molecular complexity index is 768. The fourth-order valence-corrected chi connectivity index (χ4v) is 4.53. The molecule has 2 amide bonds. The highest BCUT2D eigenvalue weighted by atomic mass is 19.4. The first-order valence-corrected chi connectivity index (χ1v) is 9.95. The zero-order chi connectivity index (χ0) is 21.3. The monoisotopic (exact) mass is 411 g/mol. The van der Waals surface area contributed by atoms with Gasteiger partial charge in [-0.15, -0.1) is 0 Å². The van der Waals surface area contributed by atoms with Crippen LogP contribution in [0.4, 0.5) is 13.2 Å². The van der Waals surface area contributed by atoms with Crippen LogP contribution in [-0.4, -0.2) is 66.3 Å². The smallest absolute Gasteiger partial charge is 0.342 e. The molecule has 2 aliphatic rings. The van der Waals surface area contributed by atoms with Gasteiger partial charge in [0.25, 0.3) is 0 Å². The molecule has 8 heteroatoms. The molecule has 29 heavy (non-hydrogen) atoms. The SMILES string of the molecule is C[C@@H]1CN(C)CC[C@H]1N(C)C(=O)[C@@H]1CC(=O)N(Cc2cccc(C(F)(F)F)c2)C1. The van der Waals surface area contributed by atoms with E-state index in [2.05, 4.69) is 18.9 Å². The van der Waals surface area contributed by atoms with Crippen LogP contribution < -0.4 is 0 Å². The van der Waals surface area contributed by atoms with E-state index in [1.54, 1.807) is 18.0 Å². The number of hydrogen-bond acceptors (Lipinski definition) is 3. The average Bonchev–Trinajstić information content (AvgIpc) is 3.00. The Labute approximate surface area is 169 Å². The number of rotatable bonds is 4. The Kier molecular flexibility index (Phi) is 6.22. The van der Waals surface area contributed by atoms with Crippen LogP contribution >= 0.6 is 0 Å². The molecule has 160 valence electrons. The van der Waals surface area contributed by atoms with E-state index in [0.717, 1.165) is 31.6 Å². The summed E-state index contributed by atoms with van der Waals surface area (Å²) in [5.74, 6) is -0.331. The lowest BCUT2D eigenvalue weighted by atomic mass is 9.92. The number of piperidine rings is 1. The van der Waals surface area contributed by atoms with Crippen molar-refractivity contribution in [3.63, 3.8) is 0 Å². The number of likely N-dealkylation sites (tertiary alicyclic amines) is 2. The minimum Gasteiger partial charge on any atom is -0.342 e. The topological polar surface area (TPSA) is 43.9 Å². The van der Waals surface area contributed by atoms with Gasteiger partial charge in [0.05, 0.1) is 11.5 Å². The van der Waals surface area contributed by atoms with Crippen molar-refractivity contribution < 1.29 is 22.8 Å². The number of hydrogen-bond donors (Lipinski definition) is 0. The highest BCUT2D eigenvalue weighted by molar-refractivity contribution is 5.89. The normalized spacial score (nSPS) is 26.1. The summed E-state index contributed by atoms with van der Waals surface area (Å²) in [6, 6.07) is 5.14. The first-order chi connectivity index (χ1) is 13.6. The van der Waals surface area contributed by atoms with E-state index in [1.165, 1.54) is 11.0 Å². The second-order valence-electron chi connectivity index (χ2n) is 8.42. The molecule has 2 saturated heterocycles. The molecule has 3 atom stereocenters. The minimum atomic E-state index is -4.42. The fraction of sp³-hybridized carbons (Fsp3) is 0.619. The number of amides is 2. The van der Waals surface area contributed by atoms with E-state index in [1.807, 2.05) is 0 Å². The highest BCUT2D eigenvalue weighted by Crippen LogP contribution is 2.31. The predicted molar refractivity (Wildman–Crippen MR) is 103 cm³/mol.